The molecule has 0 aromatic heterocycles. The molecule has 0 heterocycles. The fourth-order valence-corrected chi connectivity index (χ4v) is 10.8. The van der Waals surface area contributed by atoms with E-state index in [1.54, 1.807) is 51.0 Å². The van der Waals surface area contributed by atoms with Gasteiger partial charge in [-0.15, -0.1) is 0 Å². The quantitative estimate of drug-likeness (QED) is 0.262. The van der Waals surface area contributed by atoms with Crippen molar-refractivity contribution in [3.05, 3.63) is 35.9 Å². The van der Waals surface area contributed by atoms with Gasteiger partial charge >= 0.3 is 0 Å². The third-order valence-corrected chi connectivity index (χ3v) is 17.3. The van der Waals surface area contributed by atoms with Crippen LogP contribution in [-0.2, 0) is 5.41 Å². The summed E-state index contributed by atoms with van der Waals surface area (Å²) in [7, 11) is 0. The van der Waals surface area contributed by atoms with Crippen LogP contribution in [0.4, 0.5) is 4.39 Å². The lowest BCUT2D eigenvalue weighted by Crippen LogP contribution is -2.54. The van der Waals surface area contributed by atoms with Gasteiger partial charge < -0.3 is 0 Å². The van der Waals surface area contributed by atoms with Crippen molar-refractivity contribution in [1.29, 1.82) is 0 Å². The van der Waals surface area contributed by atoms with Gasteiger partial charge in [0.25, 0.3) is 0 Å². The second kappa shape index (κ2) is 18.2. The smallest absolute Gasteiger partial charge is 0.108 e. The van der Waals surface area contributed by atoms with Crippen molar-refractivity contribution in [2.45, 2.75) is 217 Å². The summed E-state index contributed by atoms with van der Waals surface area (Å²) in [6.45, 7) is 31.9. The maximum absolute atomic E-state index is 12.8. The van der Waals surface area contributed by atoms with Gasteiger partial charge in [-0.1, -0.05) is 152 Å². The molecule has 1 aromatic carbocycles. The fourth-order valence-electron chi connectivity index (χ4n) is 10.8. The van der Waals surface area contributed by atoms with Crippen molar-refractivity contribution in [2.75, 3.05) is 0 Å². The average molecular weight is 735 g/mol. The molecule has 9 saturated carbocycles. The van der Waals surface area contributed by atoms with E-state index in [-0.39, 0.29) is 0 Å². The zero-order chi connectivity index (χ0) is 39.4. The Bertz CT molecular complexity index is 1160. The minimum atomic E-state index is -0.824. The predicted molar refractivity (Wildman–Crippen MR) is 232 cm³/mol. The minimum absolute atomic E-state index is 0.515. The predicted octanol–water partition coefficient (Wildman–Crippen LogP) is 16.7. The normalized spacial score (nSPS) is 32.5. The van der Waals surface area contributed by atoms with Crippen LogP contribution in [0.1, 0.15) is 212 Å². The summed E-state index contributed by atoms with van der Waals surface area (Å²) in [5.74, 6) is 9.27. The van der Waals surface area contributed by atoms with E-state index in [2.05, 4.69) is 120 Å². The molecule has 9 fully saturated rings. The number of benzene rings is 1. The van der Waals surface area contributed by atoms with Gasteiger partial charge in [-0.05, 0) is 170 Å². The lowest BCUT2D eigenvalue weighted by atomic mass is 9.41. The number of hydrogen-bond acceptors (Lipinski definition) is 0. The molecule has 0 N–H and O–H groups in total. The van der Waals surface area contributed by atoms with Gasteiger partial charge in [-0.2, -0.15) is 0 Å². The van der Waals surface area contributed by atoms with Crippen LogP contribution in [0, 0.1) is 75.4 Å². The molecule has 1 aromatic rings. The molecule has 10 rings (SSSR count). The molecular weight excluding hydrogens is 644 g/mol. The zero-order valence-electron chi connectivity index (χ0n) is 38.1. The van der Waals surface area contributed by atoms with Crippen LogP contribution < -0.4 is 0 Å². The van der Waals surface area contributed by atoms with Crippen molar-refractivity contribution >= 4 is 0 Å². The first-order valence-electron chi connectivity index (χ1n) is 23.4. The summed E-state index contributed by atoms with van der Waals surface area (Å²) in [6.07, 6.45) is 24.0. The Morgan fingerprint density at radius 1 is 0.528 bits per heavy atom. The maximum atomic E-state index is 12.8. The molecule has 9 aliphatic rings. The van der Waals surface area contributed by atoms with E-state index in [1.165, 1.54) is 57.8 Å². The summed E-state index contributed by atoms with van der Waals surface area (Å²) >= 11 is 0. The molecule has 9 aliphatic carbocycles. The first-order chi connectivity index (χ1) is 24.7. The Balaban J connectivity index is 0.000000144. The lowest BCUT2D eigenvalue weighted by molar-refractivity contribution is -0.141. The van der Waals surface area contributed by atoms with E-state index < -0.39 is 5.67 Å². The topological polar surface area (TPSA) is 0 Å². The highest BCUT2D eigenvalue weighted by Crippen LogP contribution is 2.72. The van der Waals surface area contributed by atoms with E-state index in [4.69, 9.17) is 0 Å². The van der Waals surface area contributed by atoms with E-state index in [0.717, 1.165) is 76.4 Å². The zero-order valence-corrected chi connectivity index (χ0v) is 38.1. The second-order valence-electron chi connectivity index (χ2n) is 22.9. The molecule has 0 saturated heterocycles. The number of halogens is 1. The fraction of sp³-hybridized carbons (Fsp3) is 0.885. The minimum Gasteiger partial charge on any atom is -0.244 e. The van der Waals surface area contributed by atoms with Gasteiger partial charge in [0.15, 0.2) is 0 Å². The molecule has 1 atom stereocenters. The number of alkyl halides is 1. The van der Waals surface area contributed by atoms with Gasteiger partial charge in [0, 0.05) is 0 Å². The van der Waals surface area contributed by atoms with Crippen LogP contribution in [-0.4, -0.2) is 5.67 Å². The largest absolute Gasteiger partial charge is 0.244 e. The van der Waals surface area contributed by atoms with Crippen molar-refractivity contribution in [1.82, 2.24) is 0 Å². The number of rotatable bonds is 7. The van der Waals surface area contributed by atoms with Crippen LogP contribution in [0.2, 0.25) is 0 Å². The molecule has 1 spiro atoms. The Morgan fingerprint density at radius 3 is 1.17 bits per heavy atom. The van der Waals surface area contributed by atoms with Crippen LogP contribution in [0.3, 0.4) is 0 Å². The van der Waals surface area contributed by atoms with Gasteiger partial charge in [-0.3, -0.25) is 0 Å². The molecule has 306 valence electrons. The second-order valence-corrected chi connectivity index (χ2v) is 22.9. The van der Waals surface area contributed by atoms with Gasteiger partial charge in [0.1, 0.15) is 5.67 Å². The van der Waals surface area contributed by atoms with Crippen LogP contribution in [0.25, 0.3) is 0 Å². The maximum Gasteiger partial charge on any atom is 0.108 e. The Morgan fingerprint density at radius 2 is 1.04 bits per heavy atom. The number of hydrogen-bond donors (Lipinski definition) is 0. The van der Waals surface area contributed by atoms with Crippen LogP contribution >= 0.6 is 0 Å². The summed E-state index contributed by atoms with van der Waals surface area (Å²) < 4.78 is 12.8. The van der Waals surface area contributed by atoms with Crippen molar-refractivity contribution in [2.24, 2.45) is 75.4 Å². The first-order valence-corrected chi connectivity index (χ1v) is 23.4. The third kappa shape index (κ3) is 11.4. The van der Waals surface area contributed by atoms with E-state index in [1.807, 2.05) is 0 Å². The standard InChI is InChI=1S/C13H18.C8H15F.2C8H14.C8H16.C7H14/c1-11(2)13(9-6-10-13)12-7-4-3-5-8-12;1-6(2)7-4-8(3,9)5-7;1-6(2)8-3-7(4-8)5-8;1-6(2)7-5-8(7)3-4-8;1-7(2)8(3)5-4-6-8;1-6(2)7-4-3-5-7/h3-5,7-8,11H,6,9-10H2,1-2H3;6-7H,4-5H2,1-3H3;2*6-7H,3-5H2,1-2H3;7H,4-6H2,1-3H3;6-7H,3-5H2,1-2H3. The highest BCUT2D eigenvalue weighted by Gasteiger charge is 2.63. The molecule has 2 bridgehead atoms. The highest BCUT2D eigenvalue weighted by molar-refractivity contribution is 5.28. The molecule has 0 aliphatic heterocycles. The van der Waals surface area contributed by atoms with E-state index in [9.17, 15) is 4.39 Å². The molecular formula is C52H91F. The lowest BCUT2D eigenvalue weighted by Gasteiger charge is -2.64. The van der Waals surface area contributed by atoms with E-state index in [0.29, 0.717) is 17.3 Å². The molecule has 0 amide bonds. The average Bonchev–Trinajstić information content (AvgIpc) is 3.87. The van der Waals surface area contributed by atoms with Crippen molar-refractivity contribution < 1.29 is 4.39 Å². The van der Waals surface area contributed by atoms with Gasteiger partial charge in [0.05, 0.1) is 0 Å². The van der Waals surface area contributed by atoms with Crippen LogP contribution in [0.15, 0.2) is 30.3 Å². The Labute approximate surface area is 331 Å². The Hall–Kier alpha value is -0.850. The van der Waals surface area contributed by atoms with Crippen LogP contribution in [0.5, 0.6) is 0 Å². The molecule has 53 heavy (non-hydrogen) atoms. The van der Waals surface area contributed by atoms with Gasteiger partial charge in [0.2, 0.25) is 0 Å². The van der Waals surface area contributed by atoms with Gasteiger partial charge in [-0.25, -0.2) is 4.39 Å². The monoisotopic (exact) mass is 735 g/mol. The highest BCUT2D eigenvalue weighted by atomic mass is 19.1. The van der Waals surface area contributed by atoms with Crippen molar-refractivity contribution in [3.63, 3.8) is 0 Å². The third-order valence-electron chi connectivity index (χ3n) is 17.3. The molecule has 0 radical (unpaired) electrons. The summed E-state index contributed by atoms with van der Waals surface area (Å²) in [4.78, 5) is 0. The van der Waals surface area contributed by atoms with Crippen molar-refractivity contribution in [3.8, 4) is 0 Å². The summed E-state index contributed by atoms with van der Waals surface area (Å²) in [5, 5.41) is 0. The molecule has 1 heteroatoms. The SMILES string of the molecule is CC(C)C1(C)CCC1.CC(C)C1(c2ccccc2)CCC1.CC(C)C12CC(C1)C2.CC(C)C1CC(C)(F)C1.CC(C)C1CC12CC2.CC(C)C1CCC1. The first kappa shape index (κ1) is 44.9. The van der Waals surface area contributed by atoms with E-state index >= 15 is 0 Å². The Kier molecular flexibility index (Phi) is 15.4. The summed E-state index contributed by atoms with van der Waals surface area (Å²) in [6, 6.07) is 11.0. The summed E-state index contributed by atoms with van der Waals surface area (Å²) in [5.41, 5.74) is 3.77. The molecule has 0 nitrogen and oxygen atoms in total. The molecule has 1 unspecified atom stereocenters.